The number of carboxylic acid groups (broad SMARTS) is 1. The van der Waals surface area contributed by atoms with Gasteiger partial charge in [-0.3, -0.25) is 4.79 Å². The topological polar surface area (TPSA) is 125 Å². The zero-order chi connectivity index (χ0) is 24.1. The number of carbonyl (C=O) groups excluding carboxylic acids is 2. The molecule has 0 bridgehead atoms. The molecule has 176 valence electrons. The van der Waals surface area contributed by atoms with Crippen molar-refractivity contribution in [3.8, 4) is 11.1 Å². The van der Waals surface area contributed by atoms with Crippen LogP contribution >= 0.6 is 0 Å². The highest BCUT2D eigenvalue weighted by molar-refractivity contribution is 5.89. The average molecular weight is 455 g/mol. The van der Waals surface area contributed by atoms with Crippen LogP contribution in [0, 0.1) is 5.92 Å². The first kappa shape index (κ1) is 24.3. The lowest BCUT2D eigenvalue weighted by Crippen LogP contribution is -2.56. The van der Waals surface area contributed by atoms with Crippen molar-refractivity contribution in [2.24, 2.45) is 5.92 Å². The molecule has 0 heterocycles. The maximum Gasteiger partial charge on any atom is 0.407 e. The summed E-state index contributed by atoms with van der Waals surface area (Å²) in [5, 5.41) is 23.8. The van der Waals surface area contributed by atoms with Crippen molar-refractivity contribution in [3.63, 3.8) is 0 Å². The van der Waals surface area contributed by atoms with Crippen LogP contribution in [0.15, 0.2) is 48.5 Å². The van der Waals surface area contributed by atoms with Crippen LogP contribution < -0.4 is 10.6 Å². The molecule has 8 nitrogen and oxygen atoms in total. The molecule has 4 unspecified atom stereocenters. The van der Waals surface area contributed by atoms with E-state index in [2.05, 4.69) is 10.6 Å². The number of nitrogens with one attached hydrogen (secondary N) is 2. The van der Waals surface area contributed by atoms with Gasteiger partial charge in [0.05, 0.1) is 6.10 Å². The number of amides is 2. The number of hydrogen-bond acceptors (Lipinski definition) is 5. The molecule has 2 aromatic rings. The Morgan fingerprint density at radius 1 is 0.939 bits per heavy atom. The summed E-state index contributed by atoms with van der Waals surface area (Å²) in [6, 6.07) is 13.5. The van der Waals surface area contributed by atoms with E-state index in [1.807, 2.05) is 55.5 Å². The molecule has 8 heteroatoms. The number of carbonyl (C=O) groups is 3. The molecule has 2 amide bonds. The zero-order valence-corrected chi connectivity index (χ0v) is 18.9. The van der Waals surface area contributed by atoms with E-state index in [1.165, 1.54) is 6.92 Å². The Bertz CT molecular complexity index is 976. The van der Waals surface area contributed by atoms with Crippen molar-refractivity contribution in [1.82, 2.24) is 10.6 Å². The van der Waals surface area contributed by atoms with E-state index in [0.29, 0.717) is 6.42 Å². The monoisotopic (exact) mass is 454 g/mol. The van der Waals surface area contributed by atoms with Crippen molar-refractivity contribution in [1.29, 1.82) is 0 Å². The molecule has 0 aromatic heterocycles. The number of benzene rings is 2. The van der Waals surface area contributed by atoms with Gasteiger partial charge in [-0.1, -0.05) is 68.8 Å². The van der Waals surface area contributed by atoms with Gasteiger partial charge in [-0.15, -0.1) is 0 Å². The molecule has 2 aromatic carbocycles. The Morgan fingerprint density at radius 2 is 1.48 bits per heavy atom. The third-order valence-corrected chi connectivity index (χ3v) is 6.16. The van der Waals surface area contributed by atoms with E-state index in [0.717, 1.165) is 22.3 Å². The van der Waals surface area contributed by atoms with Crippen LogP contribution in [0.3, 0.4) is 0 Å². The van der Waals surface area contributed by atoms with E-state index in [4.69, 9.17) is 4.74 Å². The van der Waals surface area contributed by atoms with Gasteiger partial charge in [-0.2, -0.15) is 0 Å². The van der Waals surface area contributed by atoms with E-state index in [1.54, 1.807) is 6.92 Å². The van der Waals surface area contributed by atoms with Gasteiger partial charge in [0, 0.05) is 5.92 Å². The van der Waals surface area contributed by atoms with Crippen LogP contribution in [-0.4, -0.2) is 53.0 Å². The lowest BCUT2D eigenvalue weighted by Gasteiger charge is -2.26. The van der Waals surface area contributed by atoms with Crippen LogP contribution in [0.1, 0.15) is 44.2 Å². The molecular weight excluding hydrogens is 424 g/mol. The van der Waals surface area contributed by atoms with Crippen LogP contribution in [0.2, 0.25) is 0 Å². The Morgan fingerprint density at radius 3 is 1.97 bits per heavy atom. The highest BCUT2D eigenvalue weighted by Gasteiger charge is 2.33. The normalized spacial score (nSPS) is 16.0. The number of aliphatic hydroxyl groups excluding tert-OH is 1. The summed E-state index contributed by atoms with van der Waals surface area (Å²) in [5.74, 6) is -2.45. The number of rotatable bonds is 9. The highest BCUT2D eigenvalue weighted by atomic mass is 16.5. The molecule has 0 spiro atoms. The lowest BCUT2D eigenvalue weighted by atomic mass is 9.97. The fourth-order valence-electron chi connectivity index (χ4n) is 4.10. The standard InChI is InChI=1S/C25H30N2O6/c1-4-14(2)21(23(29)26-22(15(3)28)24(30)31)27-25(32)33-13-20-18-11-7-5-9-16(18)17-10-6-8-12-19(17)20/h5-12,14-15,20-22,28H,4,13H2,1-3H3,(H,26,29)(H,27,32)(H,30,31). The third-order valence-electron chi connectivity index (χ3n) is 6.16. The van der Waals surface area contributed by atoms with Crippen molar-refractivity contribution >= 4 is 18.0 Å². The van der Waals surface area contributed by atoms with Crippen molar-refractivity contribution < 1.29 is 29.3 Å². The van der Waals surface area contributed by atoms with E-state index >= 15 is 0 Å². The first-order valence-electron chi connectivity index (χ1n) is 11.1. The first-order chi connectivity index (χ1) is 15.7. The quantitative estimate of drug-likeness (QED) is 0.462. The SMILES string of the molecule is CCC(C)C(NC(=O)OCC1c2ccccc2-c2ccccc21)C(=O)NC(C(=O)O)C(C)O. The summed E-state index contributed by atoms with van der Waals surface area (Å²) in [6.07, 6.45) is -1.49. The largest absolute Gasteiger partial charge is 0.480 e. The zero-order valence-electron chi connectivity index (χ0n) is 18.9. The molecule has 1 aliphatic carbocycles. The molecule has 0 saturated heterocycles. The number of aliphatic hydroxyl groups is 1. The number of hydrogen-bond donors (Lipinski definition) is 4. The van der Waals surface area contributed by atoms with E-state index < -0.39 is 36.2 Å². The minimum Gasteiger partial charge on any atom is -0.480 e. The van der Waals surface area contributed by atoms with Crippen molar-refractivity contribution in [2.45, 2.75) is 51.3 Å². The minimum absolute atomic E-state index is 0.0974. The summed E-state index contributed by atoms with van der Waals surface area (Å²) in [5.41, 5.74) is 4.36. The second-order valence-corrected chi connectivity index (χ2v) is 8.40. The Balaban J connectivity index is 1.69. The van der Waals surface area contributed by atoms with Gasteiger partial charge in [-0.05, 0) is 35.1 Å². The predicted molar refractivity (Wildman–Crippen MR) is 123 cm³/mol. The van der Waals surface area contributed by atoms with Crippen LogP contribution in [-0.2, 0) is 14.3 Å². The molecule has 0 aliphatic heterocycles. The van der Waals surface area contributed by atoms with Gasteiger partial charge in [-0.25, -0.2) is 9.59 Å². The minimum atomic E-state index is -1.48. The summed E-state index contributed by atoms with van der Waals surface area (Å²) in [4.78, 5) is 36.7. The molecule has 4 atom stereocenters. The summed E-state index contributed by atoms with van der Waals surface area (Å²) < 4.78 is 5.52. The molecule has 33 heavy (non-hydrogen) atoms. The summed E-state index contributed by atoms with van der Waals surface area (Å²) in [7, 11) is 0. The highest BCUT2D eigenvalue weighted by Crippen LogP contribution is 2.44. The molecular formula is C25H30N2O6. The Labute approximate surface area is 193 Å². The number of carboxylic acids is 1. The molecule has 0 fully saturated rings. The molecule has 4 N–H and O–H groups in total. The van der Waals surface area contributed by atoms with Crippen LogP contribution in [0.4, 0.5) is 4.79 Å². The second-order valence-electron chi connectivity index (χ2n) is 8.40. The van der Waals surface area contributed by atoms with Gasteiger partial charge in [0.15, 0.2) is 6.04 Å². The second kappa shape index (κ2) is 10.5. The van der Waals surface area contributed by atoms with E-state index in [-0.39, 0.29) is 18.4 Å². The fraction of sp³-hybridized carbons (Fsp3) is 0.400. The predicted octanol–water partition coefficient (Wildman–Crippen LogP) is 2.89. The summed E-state index contributed by atoms with van der Waals surface area (Å²) in [6.45, 7) is 5.00. The molecule has 0 radical (unpaired) electrons. The average Bonchev–Trinajstić information content (AvgIpc) is 3.12. The number of alkyl carbamates (subject to hydrolysis) is 1. The van der Waals surface area contributed by atoms with E-state index in [9.17, 15) is 24.6 Å². The molecule has 0 saturated carbocycles. The van der Waals surface area contributed by atoms with Crippen LogP contribution in [0.5, 0.6) is 0 Å². The van der Waals surface area contributed by atoms with Crippen LogP contribution in [0.25, 0.3) is 11.1 Å². The smallest absolute Gasteiger partial charge is 0.407 e. The number of ether oxygens (including phenoxy) is 1. The van der Waals surface area contributed by atoms with Crippen molar-refractivity contribution in [3.05, 3.63) is 59.7 Å². The lowest BCUT2D eigenvalue weighted by molar-refractivity contribution is -0.145. The number of aliphatic carboxylic acids is 1. The Kier molecular flexibility index (Phi) is 7.71. The van der Waals surface area contributed by atoms with Crippen molar-refractivity contribution in [2.75, 3.05) is 6.61 Å². The first-order valence-corrected chi connectivity index (χ1v) is 11.1. The van der Waals surface area contributed by atoms with Gasteiger partial charge >= 0.3 is 12.1 Å². The Hall–Kier alpha value is -3.39. The number of fused-ring (bicyclic) bond motifs is 3. The van der Waals surface area contributed by atoms with Gasteiger partial charge in [0.2, 0.25) is 5.91 Å². The maximum atomic E-state index is 12.7. The summed E-state index contributed by atoms with van der Waals surface area (Å²) >= 11 is 0. The fourth-order valence-corrected chi connectivity index (χ4v) is 4.10. The van der Waals surface area contributed by atoms with Gasteiger partial charge in [0.25, 0.3) is 0 Å². The maximum absolute atomic E-state index is 12.7. The molecule has 3 rings (SSSR count). The third kappa shape index (κ3) is 5.34. The van der Waals surface area contributed by atoms with Gasteiger partial charge in [0.1, 0.15) is 12.6 Å². The molecule has 1 aliphatic rings. The van der Waals surface area contributed by atoms with Gasteiger partial charge < -0.3 is 25.6 Å².